The van der Waals surface area contributed by atoms with Gasteiger partial charge in [0.25, 0.3) is 0 Å². The third kappa shape index (κ3) is 3.04. The Bertz CT molecular complexity index is 881. The molecule has 0 radical (unpaired) electrons. The second kappa shape index (κ2) is 5.43. The van der Waals surface area contributed by atoms with Crippen molar-refractivity contribution >= 4 is 16.9 Å². The predicted octanol–water partition coefficient (Wildman–Crippen LogP) is 3.48. The molecule has 0 saturated carbocycles. The number of nitrogens with zero attached hydrogens (tertiary/aromatic N) is 2. The Morgan fingerprint density at radius 3 is 2.65 bits per heavy atom. The van der Waals surface area contributed by atoms with Gasteiger partial charge in [-0.05, 0) is 49.2 Å². The van der Waals surface area contributed by atoms with Gasteiger partial charge < -0.3 is 9.84 Å². The summed E-state index contributed by atoms with van der Waals surface area (Å²) in [7, 11) is 1.89. The average Bonchev–Trinajstić information content (AvgIpc) is 2.86. The predicted molar refractivity (Wildman–Crippen MR) is 88.5 cm³/mol. The monoisotopic (exact) mass is 310 g/mol. The van der Waals surface area contributed by atoms with Gasteiger partial charge in [-0.3, -0.25) is 4.68 Å². The standard InChI is InChI=1S/C18H18N2O3/c1-18(2,17(21)22)23-15-6-4-5-12(10-15)13-7-8-16-14(9-13)11-20(3)19-16/h4-11H,1-3H3,(H,21,22). The largest absolute Gasteiger partial charge is 0.478 e. The Balaban J connectivity index is 1.96. The number of hydrogen-bond donors (Lipinski definition) is 1. The number of carboxylic acid groups (broad SMARTS) is 1. The Hall–Kier alpha value is -2.82. The molecule has 0 amide bonds. The van der Waals surface area contributed by atoms with Crippen LogP contribution in [0.4, 0.5) is 0 Å². The molecule has 23 heavy (non-hydrogen) atoms. The van der Waals surface area contributed by atoms with E-state index >= 15 is 0 Å². The molecule has 0 fully saturated rings. The van der Waals surface area contributed by atoms with E-state index in [2.05, 4.69) is 11.2 Å². The molecule has 5 heteroatoms. The normalized spacial score (nSPS) is 11.6. The highest BCUT2D eigenvalue weighted by Gasteiger charge is 2.29. The number of ether oxygens (including phenoxy) is 1. The molecular weight excluding hydrogens is 292 g/mol. The van der Waals surface area contributed by atoms with Gasteiger partial charge in [-0.15, -0.1) is 0 Å². The van der Waals surface area contributed by atoms with Gasteiger partial charge in [0.1, 0.15) is 5.75 Å². The Kier molecular flexibility index (Phi) is 3.56. The van der Waals surface area contributed by atoms with Gasteiger partial charge in [0, 0.05) is 18.6 Å². The number of benzene rings is 2. The van der Waals surface area contributed by atoms with Gasteiger partial charge in [-0.2, -0.15) is 5.10 Å². The molecule has 0 atom stereocenters. The van der Waals surface area contributed by atoms with Crippen molar-refractivity contribution in [3.8, 4) is 16.9 Å². The van der Waals surface area contributed by atoms with Crippen molar-refractivity contribution in [3.63, 3.8) is 0 Å². The number of carboxylic acids is 1. The molecule has 1 heterocycles. The van der Waals surface area contributed by atoms with Gasteiger partial charge in [0.15, 0.2) is 5.60 Å². The zero-order chi connectivity index (χ0) is 16.6. The van der Waals surface area contributed by atoms with Gasteiger partial charge >= 0.3 is 5.97 Å². The van der Waals surface area contributed by atoms with Crippen molar-refractivity contribution < 1.29 is 14.6 Å². The maximum absolute atomic E-state index is 11.2. The zero-order valence-corrected chi connectivity index (χ0v) is 13.3. The van der Waals surface area contributed by atoms with Crippen LogP contribution >= 0.6 is 0 Å². The topological polar surface area (TPSA) is 64.3 Å². The first-order valence-electron chi connectivity index (χ1n) is 7.31. The first kappa shape index (κ1) is 15.1. The summed E-state index contributed by atoms with van der Waals surface area (Å²) in [5.74, 6) is -0.471. The fourth-order valence-corrected chi connectivity index (χ4v) is 2.41. The van der Waals surface area contributed by atoms with Crippen LogP contribution in [0.2, 0.25) is 0 Å². The lowest BCUT2D eigenvalue weighted by atomic mass is 10.0. The number of aromatic nitrogens is 2. The second-order valence-corrected chi connectivity index (χ2v) is 6.02. The van der Waals surface area contributed by atoms with Crippen LogP contribution < -0.4 is 4.74 Å². The minimum atomic E-state index is -1.27. The van der Waals surface area contributed by atoms with Crippen LogP contribution in [-0.2, 0) is 11.8 Å². The van der Waals surface area contributed by atoms with E-state index in [1.54, 1.807) is 10.7 Å². The molecule has 3 rings (SSSR count). The third-order valence-corrected chi connectivity index (χ3v) is 3.67. The van der Waals surface area contributed by atoms with E-state index in [4.69, 9.17) is 4.74 Å². The Labute approximate surface area is 134 Å². The van der Waals surface area contributed by atoms with E-state index in [1.807, 2.05) is 43.6 Å². The molecule has 3 aromatic rings. The fraction of sp³-hybridized carbons (Fsp3) is 0.222. The average molecular weight is 310 g/mol. The van der Waals surface area contributed by atoms with Gasteiger partial charge in [0.05, 0.1) is 5.52 Å². The van der Waals surface area contributed by atoms with Crippen LogP contribution in [0.1, 0.15) is 13.8 Å². The zero-order valence-electron chi connectivity index (χ0n) is 13.3. The smallest absolute Gasteiger partial charge is 0.347 e. The molecule has 5 nitrogen and oxygen atoms in total. The third-order valence-electron chi connectivity index (χ3n) is 3.67. The highest BCUT2D eigenvalue weighted by molar-refractivity contribution is 5.84. The van der Waals surface area contributed by atoms with E-state index in [-0.39, 0.29) is 0 Å². The van der Waals surface area contributed by atoms with Crippen LogP contribution in [0.25, 0.3) is 22.0 Å². The molecule has 0 aliphatic heterocycles. The maximum atomic E-state index is 11.2. The molecule has 118 valence electrons. The van der Waals surface area contributed by atoms with Gasteiger partial charge in [0.2, 0.25) is 0 Å². The number of aliphatic carboxylic acids is 1. The number of rotatable bonds is 4. The summed E-state index contributed by atoms with van der Waals surface area (Å²) >= 11 is 0. The second-order valence-electron chi connectivity index (χ2n) is 6.02. The van der Waals surface area contributed by atoms with Crippen molar-refractivity contribution in [1.82, 2.24) is 9.78 Å². The summed E-state index contributed by atoms with van der Waals surface area (Å²) in [4.78, 5) is 11.2. The van der Waals surface area contributed by atoms with E-state index in [1.165, 1.54) is 13.8 Å². The fourth-order valence-electron chi connectivity index (χ4n) is 2.41. The Morgan fingerprint density at radius 1 is 1.17 bits per heavy atom. The van der Waals surface area contributed by atoms with E-state index in [0.29, 0.717) is 5.75 Å². The van der Waals surface area contributed by atoms with E-state index < -0.39 is 11.6 Å². The molecule has 0 unspecified atom stereocenters. The van der Waals surface area contributed by atoms with Crippen molar-refractivity contribution in [2.75, 3.05) is 0 Å². The molecular formula is C18H18N2O3. The molecule has 0 spiro atoms. The van der Waals surface area contributed by atoms with Crippen LogP contribution in [0.5, 0.6) is 5.75 Å². The summed E-state index contributed by atoms with van der Waals surface area (Å²) in [6.45, 7) is 3.06. The van der Waals surface area contributed by atoms with E-state index in [0.717, 1.165) is 22.0 Å². The summed E-state index contributed by atoms with van der Waals surface area (Å²) in [6.07, 6.45) is 1.97. The lowest BCUT2D eigenvalue weighted by Gasteiger charge is -2.21. The minimum Gasteiger partial charge on any atom is -0.478 e. The lowest BCUT2D eigenvalue weighted by Crippen LogP contribution is -2.37. The molecule has 0 saturated heterocycles. The number of carbonyl (C=O) groups is 1. The maximum Gasteiger partial charge on any atom is 0.347 e. The minimum absolute atomic E-state index is 0.529. The summed E-state index contributed by atoms with van der Waals surface area (Å²) < 4.78 is 7.38. The highest BCUT2D eigenvalue weighted by atomic mass is 16.5. The van der Waals surface area contributed by atoms with Crippen molar-refractivity contribution in [1.29, 1.82) is 0 Å². The molecule has 2 aromatic carbocycles. The quantitative estimate of drug-likeness (QED) is 0.801. The van der Waals surface area contributed by atoms with Crippen LogP contribution in [0.15, 0.2) is 48.7 Å². The van der Waals surface area contributed by atoms with Crippen LogP contribution in [-0.4, -0.2) is 26.5 Å². The number of fused-ring (bicyclic) bond motifs is 1. The Morgan fingerprint density at radius 2 is 1.91 bits per heavy atom. The van der Waals surface area contributed by atoms with Crippen molar-refractivity contribution in [3.05, 3.63) is 48.7 Å². The molecule has 0 bridgehead atoms. The first-order valence-corrected chi connectivity index (χ1v) is 7.31. The van der Waals surface area contributed by atoms with Gasteiger partial charge in [-0.25, -0.2) is 4.79 Å². The molecule has 1 aromatic heterocycles. The van der Waals surface area contributed by atoms with Crippen LogP contribution in [0, 0.1) is 0 Å². The lowest BCUT2D eigenvalue weighted by molar-refractivity contribution is -0.152. The first-order chi connectivity index (χ1) is 10.8. The summed E-state index contributed by atoms with van der Waals surface area (Å²) in [5, 5.41) is 14.6. The molecule has 1 N–H and O–H groups in total. The summed E-state index contributed by atoms with van der Waals surface area (Å²) in [5.41, 5.74) is 1.67. The van der Waals surface area contributed by atoms with Crippen molar-refractivity contribution in [2.45, 2.75) is 19.4 Å². The van der Waals surface area contributed by atoms with Crippen LogP contribution in [0.3, 0.4) is 0 Å². The highest BCUT2D eigenvalue weighted by Crippen LogP contribution is 2.28. The van der Waals surface area contributed by atoms with Gasteiger partial charge in [-0.1, -0.05) is 18.2 Å². The number of hydrogen-bond acceptors (Lipinski definition) is 3. The summed E-state index contributed by atoms with van der Waals surface area (Å²) in [6, 6.07) is 13.5. The van der Waals surface area contributed by atoms with E-state index in [9.17, 15) is 9.90 Å². The molecule has 0 aliphatic carbocycles. The SMILES string of the molecule is Cn1cc2cc(-c3cccc(OC(C)(C)C(=O)O)c3)ccc2n1. The molecule has 0 aliphatic rings. The van der Waals surface area contributed by atoms with Crippen molar-refractivity contribution in [2.24, 2.45) is 7.05 Å². The number of aryl methyl sites for hydroxylation is 1.